The van der Waals surface area contributed by atoms with Crippen molar-refractivity contribution >= 4 is 17.6 Å². The number of piperidine rings is 1. The highest BCUT2D eigenvalue weighted by molar-refractivity contribution is 5.95. The molecule has 0 aromatic heterocycles. The van der Waals surface area contributed by atoms with Gasteiger partial charge in [-0.2, -0.15) is 0 Å². The number of hydrogen-bond donors (Lipinski definition) is 1. The van der Waals surface area contributed by atoms with Crippen LogP contribution in [-0.2, 0) is 4.79 Å². The van der Waals surface area contributed by atoms with E-state index in [0.29, 0.717) is 31.5 Å². The number of hydrogen-bond acceptors (Lipinski definition) is 4. The summed E-state index contributed by atoms with van der Waals surface area (Å²) in [5.74, 6) is -1.54. The first-order valence-corrected chi connectivity index (χ1v) is 6.66. The van der Waals surface area contributed by atoms with Crippen molar-refractivity contribution in [2.45, 2.75) is 19.8 Å². The average molecular weight is 292 g/mol. The summed E-state index contributed by atoms with van der Waals surface area (Å²) in [5, 5.41) is 19.8. The van der Waals surface area contributed by atoms with Gasteiger partial charge in [0.1, 0.15) is 0 Å². The predicted octanol–water partition coefficient (Wildman–Crippen LogP) is 1.84. The number of rotatable bonds is 3. The number of nitrogens with zero attached hydrogens (tertiary/aromatic N) is 2. The summed E-state index contributed by atoms with van der Waals surface area (Å²) >= 11 is 0. The van der Waals surface area contributed by atoms with Gasteiger partial charge in [0, 0.05) is 30.8 Å². The maximum absolute atomic E-state index is 12.4. The van der Waals surface area contributed by atoms with Gasteiger partial charge in [0.25, 0.3) is 11.6 Å². The third kappa shape index (κ3) is 3.36. The van der Waals surface area contributed by atoms with Gasteiger partial charge in [-0.3, -0.25) is 19.7 Å². The van der Waals surface area contributed by atoms with Crippen LogP contribution in [0.5, 0.6) is 0 Å². The van der Waals surface area contributed by atoms with Crippen LogP contribution in [0.1, 0.15) is 28.8 Å². The highest BCUT2D eigenvalue weighted by atomic mass is 16.6. The van der Waals surface area contributed by atoms with E-state index >= 15 is 0 Å². The smallest absolute Gasteiger partial charge is 0.306 e. The Balaban J connectivity index is 2.14. The van der Waals surface area contributed by atoms with E-state index in [9.17, 15) is 19.7 Å². The number of benzene rings is 1. The lowest BCUT2D eigenvalue weighted by Crippen LogP contribution is -2.40. The Morgan fingerprint density at radius 3 is 2.43 bits per heavy atom. The van der Waals surface area contributed by atoms with Crippen LogP contribution in [0.25, 0.3) is 0 Å². The molecule has 1 saturated heterocycles. The van der Waals surface area contributed by atoms with Crippen molar-refractivity contribution in [1.29, 1.82) is 0 Å². The van der Waals surface area contributed by atoms with Gasteiger partial charge in [0.15, 0.2) is 0 Å². The summed E-state index contributed by atoms with van der Waals surface area (Å²) in [5.41, 5.74) is 0.808. The van der Waals surface area contributed by atoms with E-state index in [0.717, 1.165) is 0 Å². The number of non-ortho nitro benzene ring substituents is 1. The third-order valence-electron chi connectivity index (χ3n) is 3.65. The van der Waals surface area contributed by atoms with E-state index in [2.05, 4.69) is 0 Å². The first kappa shape index (κ1) is 15.0. The molecule has 1 aliphatic rings. The number of nitro groups is 1. The average Bonchev–Trinajstić information content (AvgIpc) is 2.45. The second-order valence-electron chi connectivity index (χ2n) is 5.22. The van der Waals surface area contributed by atoms with Gasteiger partial charge in [-0.05, 0) is 31.4 Å². The molecule has 1 aliphatic heterocycles. The fourth-order valence-electron chi connectivity index (χ4n) is 2.50. The Kier molecular flexibility index (Phi) is 4.21. The van der Waals surface area contributed by atoms with Gasteiger partial charge in [-0.15, -0.1) is 0 Å². The zero-order valence-corrected chi connectivity index (χ0v) is 11.6. The van der Waals surface area contributed by atoms with Gasteiger partial charge in [-0.25, -0.2) is 0 Å². The second kappa shape index (κ2) is 5.90. The van der Waals surface area contributed by atoms with Crippen LogP contribution in [0.3, 0.4) is 0 Å². The maximum Gasteiger partial charge on any atom is 0.306 e. The fourth-order valence-corrected chi connectivity index (χ4v) is 2.50. The molecule has 112 valence electrons. The number of nitro benzene ring substituents is 1. The van der Waals surface area contributed by atoms with Crippen LogP contribution in [0.15, 0.2) is 18.2 Å². The first-order chi connectivity index (χ1) is 9.88. The van der Waals surface area contributed by atoms with Crippen molar-refractivity contribution in [3.05, 3.63) is 39.4 Å². The molecule has 1 amide bonds. The Labute approximate surface area is 121 Å². The molecule has 1 heterocycles. The second-order valence-corrected chi connectivity index (χ2v) is 5.22. The monoisotopic (exact) mass is 292 g/mol. The minimum Gasteiger partial charge on any atom is -0.481 e. The molecule has 0 radical (unpaired) electrons. The molecule has 1 N–H and O–H groups in total. The molecule has 0 atom stereocenters. The number of amides is 1. The summed E-state index contributed by atoms with van der Waals surface area (Å²) in [7, 11) is 0. The van der Waals surface area contributed by atoms with Crippen molar-refractivity contribution < 1.29 is 19.6 Å². The summed E-state index contributed by atoms with van der Waals surface area (Å²) in [6.07, 6.45) is 0.823. The number of carbonyl (C=O) groups is 2. The van der Waals surface area contributed by atoms with Crippen LogP contribution in [-0.4, -0.2) is 39.9 Å². The van der Waals surface area contributed by atoms with Crippen molar-refractivity contribution in [2.24, 2.45) is 5.92 Å². The lowest BCUT2D eigenvalue weighted by atomic mass is 9.96. The number of carboxylic acids is 1. The molecule has 7 nitrogen and oxygen atoms in total. The van der Waals surface area contributed by atoms with E-state index < -0.39 is 16.8 Å². The number of likely N-dealkylation sites (tertiary alicyclic amines) is 1. The minimum absolute atomic E-state index is 0.112. The molecule has 2 rings (SSSR count). The lowest BCUT2D eigenvalue weighted by molar-refractivity contribution is -0.384. The van der Waals surface area contributed by atoms with Crippen LogP contribution in [0.4, 0.5) is 5.69 Å². The summed E-state index contributed by atoms with van der Waals surface area (Å²) in [4.78, 5) is 35.1. The molecule has 0 bridgehead atoms. The van der Waals surface area contributed by atoms with Gasteiger partial charge in [0.2, 0.25) is 0 Å². The van der Waals surface area contributed by atoms with Gasteiger partial charge in [0.05, 0.1) is 10.8 Å². The molecule has 0 saturated carbocycles. The third-order valence-corrected chi connectivity index (χ3v) is 3.65. The van der Waals surface area contributed by atoms with E-state index in [1.165, 1.54) is 12.1 Å². The minimum atomic E-state index is -0.840. The highest BCUT2D eigenvalue weighted by Crippen LogP contribution is 2.22. The Morgan fingerprint density at radius 1 is 1.29 bits per heavy atom. The number of aliphatic carboxylic acids is 1. The molecule has 0 unspecified atom stereocenters. The van der Waals surface area contributed by atoms with Gasteiger partial charge in [-0.1, -0.05) is 0 Å². The van der Waals surface area contributed by atoms with E-state index in [1.54, 1.807) is 17.9 Å². The van der Waals surface area contributed by atoms with Crippen molar-refractivity contribution in [3.63, 3.8) is 0 Å². The number of carbonyl (C=O) groups excluding carboxylic acids is 1. The number of carboxylic acid groups (broad SMARTS) is 1. The Bertz CT molecular complexity index is 591. The summed E-state index contributed by atoms with van der Waals surface area (Å²) in [6, 6.07) is 4.28. The van der Waals surface area contributed by atoms with Crippen molar-refractivity contribution in [1.82, 2.24) is 4.90 Å². The topological polar surface area (TPSA) is 101 Å². The molecule has 7 heteroatoms. The van der Waals surface area contributed by atoms with Gasteiger partial charge < -0.3 is 10.0 Å². The zero-order chi connectivity index (χ0) is 15.6. The van der Waals surface area contributed by atoms with Crippen LogP contribution < -0.4 is 0 Å². The standard InChI is InChI=1S/C14H16N2O5/c1-9-6-11(8-12(7-9)16(20)21)13(17)15-4-2-10(3-5-15)14(18)19/h6-8,10H,2-5H2,1H3,(H,18,19). The lowest BCUT2D eigenvalue weighted by Gasteiger charge is -2.30. The molecule has 0 spiro atoms. The van der Waals surface area contributed by atoms with E-state index in [1.807, 2.05) is 0 Å². The number of aryl methyl sites for hydroxylation is 1. The largest absolute Gasteiger partial charge is 0.481 e. The van der Waals surface area contributed by atoms with Gasteiger partial charge >= 0.3 is 5.97 Å². The predicted molar refractivity (Wildman–Crippen MR) is 74.1 cm³/mol. The van der Waals surface area contributed by atoms with E-state index in [-0.39, 0.29) is 17.2 Å². The van der Waals surface area contributed by atoms with Crippen LogP contribution >= 0.6 is 0 Å². The molecule has 1 aromatic carbocycles. The summed E-state index contributed by atoms with van der Waals surface area (Å²) in [6.45, 7) is 2.41. The first-order valence-electron chi connectivity index (χ1n) is 6.66. The normalized spacial score (nSPS) is 15.8. The molecular formula is C14H16N2O5. The van der Waals surface area contributed by atoms with E-state index in [4.69, 9.17) is 5.11 Å². The molecule has 1 aromatic rings. The quantitative estimate of drug-likeness (QED) is 0.676. The Morgan fingerprint density at radius 2 is 1.90 bits per heavy atom. The zero-order valence-electron chi connectivity index (χ0n) is 11.6. The van der Waals surface area contributed by atoms with Crippen LogP contribution in [0, 0.1) is 23.0 Å². The van der Waals surface area contributed by atoms with Crippen molar-refractivity contribution in [3.8, 4) is 0 Å². The molecule has 21 heavy (non-hydrogen) atoms. The highest BCUT2D eigenvalue weighted by Gasteiger charge is 2.28. The van der Waals surface area contributed by atoms with Crippen molar-refractivity contribution in [2.75, 3.05) is 13.1 Å². The molecule has 0 aliphatic carbocycles. The molecule has 1 fully saturated rings. The Hall–Kier alpha value is -2.44. The SMILES string of the molecule is Cc1cc(C(=O)N2CCC(C(=O)O)CC2)cc([N+](=O)[O-])c1. The fraction of sp³-hybridized carbons (Fsp3) is 0.429. The maximum atomic E-state index is 12.4. The van der Waals surface area contributed by atoms with Crippen LogP contribution in [0.2, 0.25) is 0 Å². The summed E-state index contributed by atoms with van der Waals surface area (Å²) < 4.78 is 0. The molecular weight excluding hydrogens is 276 g/mol.